The molecule has 90 valence electrons. The summed E-state index contributed by atoms with van der Waals surface area (Å²) < 4.78 is 1.83. The molecule has 0 radical (unpaired) electrons. The lowest BCUT2D eigenvalue weighted by Gasteiger charge is -2.03. The number of aromatic hydroxyl groups is 1. The van der Waals surface area contributed by atoms with Gasteiger partial charge in [-0.1, -0.05) is 29.8 Å². The van der Waals surface area contributed by atoms with Crippen molar-refractivity contribution in [2.75, 3.05) is 0 Å². The van der Waals surface area contributed by atoms with Crippen molar-refractivity contribution >= 4 is 17.2 Å². The Morgan fingerprint density at radius 3 is 2.78 bits per heavy atom. The quantitative estimate of drug-likeness (QED) is 0.770. The molecule has 3 aromatic rings. The molecule has 2 heterocycles. The van der Waals surface area contributed by atoms with E-state index in [1.165, 1.54) is 0 Å². The van der Waals surface area contributed by atoms with Crippen LogP contribution in [0.1, 0.15) is 11.4 Å². The first kappa shape index (κ1) is 11.0. The Morgan fingerprint density at radius 1 is 1.11 bits per heavy atom. The predicted molar refractivity (Wildman–Crippen MR) is 68.9 cm³/mol. The second-order valence-corrected chi connectivity index (χ2v) is 4.43. The Hall–Kier alpha value is -2.07. The fourth-order valence-electron chi connectivity index (χ4n) is 1.86. The van der Waals surface area contributed by atoms with Crippen LogP contribution in [0.15, 0.2) is 42.6 Å². The highest BCUT2D eigenvalue weighted by atomic mass is 35.5. The second-order valence-electron chi connectivity index (χ2n) is 4.00. The summed E-state index contributed by atoms with van der Waals surface area (Å²) >= 11 is 5.96. The highest BCUT2D eigenvalue weighted by Crippen LogP contribution is 2.20. The maximum Gasteiger partial charge on any atom is 0.160 e. The van der Waals surface area contributed by atoms with Gasteiger partial charge in [0.1, 0.15) is 11.6 Å². The first-order valence-corrected chi connectivity index (χ1v) is 5.88. The molecule has 0 spiro atoms. The van der Waals surface area contributed by atoms with Crippen LogP contribution in [0.3, 0.4) is 0 Å². The fraction of sp³-hybridized carbons (Fsp3) is 0.0769. The molecule has 18 heavy (non-hydrogen) atoms. The predicted octanol–water partition coefficient (Wildman–Crippen LogP) is 2.68. The van der Waals surface area contributed by atoms with Gasteiger partial charge in [0.15, 0.2) is 5.65 Å². The van der Waals surface area contributed by atoms with Gasteiger partial charge in [-0.05, 0) is 18.2 Å². The first-order valence-electron chi connectivity index (χ1n) is 5.50. The highest BCUT2D eigenvalue weighted by Gasteiger charge is 2.08. The van der Waals surface area contributed by atoms with Gasteiger partial charge in [-0.2, -0.15) is 0 Å². The SMILES string of the molecule is Oc1ccccc1Cc1nnc2ccc(Cl)cn12. The number of rotatable bonds is 2. The number of halogens is 1. The molecule has 0 aliphatic rings. The average molecular weight is 260 g/mol. The number of phenols is 1. The molecule has 0 fully saturated rings. The third kappa shape index (κ3) is 1.91. The summed E-state index contributed by atoms with van der Waals surface area (Å²) in [6, 6.07) is 10.8. The van der Waals surface area contributed by atoms with Gasteiger partial charge in [0.05, 0.1) is 5.02 Å². The molecule has 3 rings (SSSR count). The van der Waals surface area contributed by atoms with Crippen LogP contribution in [0.5, 0.6) is 5.75 Å². The van der Waals surface area contributed by atoms with Gasteiger partial charge < -0.3 is 5.11 Å². The topological polar surface area (TPSA) is 50.4 Å². The summed E-state index contributed by atoms with van der Waals surface area (Å²) in [4.78, 5) is 0. The van der Waals surface area contributed by atoms with E-state index in [0.29, 0.717) is 11.4 Å². The number of para-hydroxylation sites is 1. The Morgan fingerprint density at radius 2 is 1.94 bits per heavy atom. The summed E-state index contributed by atoms with van der Waals surface area (Å²) in [5.74, 6) is 1.00. The van der Waals surface area contributed by atoms with Crippen LogP contribution in [0.2, 0.25) is 5.02 Å². The highest BCUT2D eigenvalue weighted by molar-refractivity contribution is 6.30. The maximum absolute atomic E-state index is 9.75. The van der Waals surface area contributed by atoms with Crippen LogP contribution >= 0.6 is 11.6 Å². The third-order valence-corrected chi connectivity index (χ3v) is 3.00. The van der Waals surface area contributed by atoms with Crippen molar-refractivity contribution in [2.45, 2.75) is 6.42 Å². The maximum atomic E-state index is 9.75. The molecule has 0 aliphatic heterocycles. The van der Waals surface area contributed by atoms with Crippen molar-refractivity contribution in [1.29, 1.82) is 0 Å². The van der Waals surface area contributed by atoms with Crippen molar-refractivity contribution in [3.63, 3.8) is 0 Å². The van der Waals surface area contributed by atoms with E-state index in [-0.39, 0.29) is 5.75 Å². The molecular formula is C13H10ClN3O. The molecule has 0 amide bonds. The largest absolute Gasteiger partial charge is 0.508 e. The third-order valence-electron chi connectivity index (χ3n) is 2.78. The lowest BCUT2D eigenvalue weighted by Crippen LogP contribution is -1.96. The van der Waals surface area contributed by atoms with E-state index in [2.05, 4.69) is 10.2 Å². The molecular weight excluding hydrogens is 250 g/mol. The van der Waals surface area contributed by atoms with Gasteiger partial charge in [-0.15, -0.1) is 10.2 Å². The van der Waals surface area contributed by atoms with Crippen molar-refractivity contribution in [2.24, 2.45) is 0 Å². The number of hydrogen-bond donors (Lipinski definition) is 1. The molecule has 1 aromatic carbocycles. The van der Waals surface area contributed by atoms with Crippen molar-refractivity contribution in [3.05, 3.63) is 59.0 Å². The van der Waals surface area contributed by atoms with Crippen molar-refractivity contribution < 1.29 is 5.11 Å². The Bertz CT molecular complexity index is 708. The molecule has 5 heteroatoms. The first-order chi connectivity index (χ1) is 8.74. The van der Waals surface area contributed by atoms with E-state index in [4.69, 9.17) is 11.6 Å². The van der Waals surface area contributed by atoms with Gasteiger partial charge in [0.2, 0.25) is 0 Å². The minimum Gasteiger partial charge on any atom is -0.508 e. The number of fused-ring (bicyclic) bond motifs is 1. The number of pyridine rings is 1. The second kappa shape index (κ2) is 4.31. The number of hydrogen-bond acceptors (Lipinski definition) is 3. The van der Waals surface area contributed by atoms with Gasteiger partial charge in [0.25, 0.3) is 0 Å². The van der Waals surface area contributed by atoms with E-state index in [1.54, 1.807) is 24.4 Å². The van der Waals surface area contributed by atoms with Crippen LogP contribution in [0.4, 0.5) is 0 Å². The number of nitrogens with zero attached hydrogens (tertiary/aromatic N) is 3. The summed E-state index contributed by atoms with van der Waals surface area (Å²) in [5.41, 5.74) is 1.55. The molecule has 0 unspecified atom stereocenters. The smallest absolute Gasteiger partial charge is 0.160 e. The number of aromatic nitrogens is 3. The summed E-state index contributed by atoms with van der Waals surface area (Å²) in [5, 5.41) is 18.6. The molecule has 4 nitrogen and oxygen atoms in total. The summed E-state index contributed by atoms with van der Waals surface area (Å²) in [6.07, 6.45) is 2.28. The Labute approximate surface area is 108 Å². The van der Waals surface area contributed by atoms with E-state index >= 15 is 0 Å². The molecule has 2 aromatic heterocycles. The summed E-state index contributed by atoms with van der Waals surface area (Å²) in [6.45, 7) is 0. The lowest BCUT2D eigenvalue weighted by molar-refractivity contribution is 0.469. The van der Waals surface area contributed by atoms with Crippen molar-refractivity contribution in [1.82, 2.24) is 14.6 Å². The Balaban J connectivity index is 2.05. The monoisotopic (exact) mass is 259 g/mol. The Kier molecular flexibility index (Phi) is 2.64. The van der Waals surface area contributed by atoms with E-state index in [0.717, 1.165) is 17.0 Å². The van der Waals surface area contributed by atoms with Gasteiger partial charge in [-0.25, -0.2) is 0 Å². The van der Waals surface area contributed by atoms with E-state index in [1.807, 2.05) is 22.6 Å². The molecule has 0 atom stereocenters. The van der Waals surface area contributed by atoms with Crippen molar-refractivity contribution in [3.8, 4) is 5.75 Å². The molecule has 0 saturated carbocycles. The normalized spacial score (nSPS) is 10.9. The van der Waals surface area contributed by atoms with Crippen LogP contribution in [0.25, 0.3) is 5.65 Å². The molecule has 0 bridgehead atoms. The fourth-order valence-corrected chi connectivity index (χ4v) is 2.02. The van der Waals surface area contributed by atoms with Crippen LogP contribution in [-0.2, 0) is 6.42 Å². The minimum absolute atomic E-state index is 0.260. The van der Waals surface area contributed by atoms with Gasteiger partial charge >= 0.3 is 0 Å². The minimum atomic E-state index is 0.260. The number of phenolic OH excluding ortho intramolecular Hbond substituents is 1. The molecule has 0 aliphatic carbocycles. The molecule has 1 N–H and O–H groups in total. The van der Waals surface area contributed by atoms with Crippen LogP contribution < -0.4 is 0 Å². The van der Waals surface area contributed by atoms with E-state index in [9.17, 15) is 5.11 Å². The summed E-state index contributed by atoms with van der Waals surface area (Å²) in [7, 11) is 0. The molecule has 0 saturated heterocycles. The lowest BCUT2D eigenvalue weighted by atomic mass is 10.1. The zero-order valence-electron chi connectivity index (χ0n) is 9.42. The van der Waals surface area contributed by atoms with Gasteiger partial charge in [0, 0.05) is 18.2 Å². The van der Waals surface area contributed by atoms with Gasteiger partial charge in [-0.3, -0.25) is 4.40 Å². The zero-order chi connectivity index (χ0) is 12.5. The number of benzene rings is 1. The average Bonchev–Trinajstić information content (AvgIpc) is 2.75. The van der Waals surface area contributed by atoms with E-state index < -0.39 is 0 Å². The van der Waals surface area contributed by atoms with Crippen LogP contribution in [0, 0.1) is 0 Å². The van der Waals surface area contributed by atoms with Crippen LogP contribution in [-0.4, -0.2) is 19.7 Å². The standard InChI is InChI=1S/C13H10ClN3O/c14-10-5-6-12-15-16-13(17(12)8-10)7-9-3-1-2-4-11(9)18/h1-6,8,18H,7H2. The zero-order valence-corrected chi connectivity index (χ0v) is 10.2.